The summed E-state index contributed by atoms with van der Waals surface area (Å²) in [6.07, 6.45) is 0. The first-order valence-electron chi connectivity index (χ1n) is 7.87. The molecule has 1 amide bonds. The standard InChI is InChI=1S/C16H20ClN3O3S/c1-3-24(22,23)20-10-8-19(9-11-20)16(21)15-14(17)12-6-4-5-7-13(12)18(15)2/h4-7H,3,8-11H2,1-2H3. The molecule has 1 saturated heterocycles. The number of aromatic nitrogens is 1. The van der Waals surface area contributed by atoms with Gasteiger partial charge in [-0.2, -0.15) is 4.31 Å². The Balaban J connectivity index is 1.84. The van der Waals surface area contributed by atoms with E-state index >= 15 is 0 Å². The molecule has 6 nitrogen and oxygen atoms in total. The van der Waals surface area contributed by atoms with Crippen LogP contribution in [0, 0.1) is 0 Å². The van der Waals surface area contributed by atoms with Crippen LogP contribution in [0.4, 0.5) is 0 Å². The first-order valence-corrected chi connectivity index (χ1v) is 9.85. The normalized spacial score (nSPS) is 16.7. The number of para-hydroxylation sites is 1. The van der Waals surface area contributed by atoms with Gasteiger partial charge in [-0.05, 0) is 13.0 Å². The maximum atomic E-state index is 12.9. The average molecular weight is 370 g/mol. The fourth-order valence-corrected chi connectivity index (χ4v) is 4.54. The number of amides is 1. The van der Waals surface area contributed by atoms with Gasteiger partial charge in [0.15, 0.2) is 0 Å². The highest BCUT2D eigenvalue weighted by molar-refractivity contribution is 7.89. The predicted octanol–water partition coefficient (Wildman–Crippen LogP) is 1.94. The van der Waals surface area contributed by atoms with Crippen LogP contribution in [0.3, 0.4) is 0 Å². The van der Waals surface area contributed by atoms with Crippen LogP contribution in [0.1, 0.15) is 17.4 Å². The van der Waals surface area contributed by atoms with E-state index in [0.29, 0.717) is 36.9 Å². The van der Waals surface area contributed by atoms with Crippen LogP contribution in [-0.2, 0) is 17.1 Å². The minimum Gasteiger partial charge on any atom is -0.338 e. The molecule has 3 rings (SSSR count). The summed E-state index contributed by atoms with van der Waals surface area (Å²) >= 11 is 6.43. The van der Waals surface area contributed by atoms with E-state index < -0.39 is 10.0 Å². The molecule has 0 saturated carbocycles. The number of sulfonamides is 1. The Morgan fingerprint density at radius 2 is 1.79 bits per heavy atom. The molecule has 130 valence electrons. The summed E-state index contributed by atoms with van der Waals surface area (Å²) in [5, 5.41) is 1.29. The summed E-state index contributed by atoms with van der Waals surface area (Å²) in [6, 6.07) is 7.60. The molecule has 1 aliphatic heterocycles. The molecule has 0 spiro atoms. The van der Waals surface area contributed by atoms with Crippen molar-refractivity contribution in [3.8, 4) is 0 Å². The highest BCUT2D eigenvalue weighted by Crippen LogP contribution is 2.30. The van der Waals surface area contributed by atoms with Crippen molar-refractivity contribution in [3.05, 3.63) is 35.0 Å². The smallest absolute Gasteiger partial charge is 0.272 e. The fraction of sp³-hybridized carbons (Fsp3) is 0.438. The minimum atomic E-state index is -3.21. The topological polar surface area (TPSA) is 62.6 Å². The number of aryl methyl sites for hydroxylation is 1. The van der Waals surface area contributed by atoms with Crippen LogP contribution < -0.4 is 0 Å². The molecule has 2 heterocycles. The zero-order valence-electron chi connectivity index (χ0n) is 13.7. The lowest BCUT2D eigenvalue weighted by molar-refractivity contribution is 0.0689. The van der Waals surface area contributed by atoms with Crippen molar-refractivity contribution in [2.24, 2.45) is 7.05 Å². The summed E-state index contributed by atoms with van der Waals surface area (Å²) in [7, 11) is -1.39. The van der Waals surface area contributed by atoms with Gasteiger partial charge in [0.1, 0.15) is 5.69 Å². The van der Waals surface area contributed by atoms with E-state index in [1.807, 2.05) is 31.3 Å². The second-order valence-electron chi connectivity index (χ2n) is 5.83. The van der Waals surface area contributed by atoms with Crippen molar-refractivity contribution < 1.29 is 13.2 Å². The number of halogens is 1. The van der Waals surface area contributed by atoms with Gasteiger partial charge in [-0.15, -0.1) is 0 Å². The zero-order valence-corrected chi connectivity index (χ0v) is 15.3. The lowest BCUT2D eigenvalue weighted by Crippen LogP contribution is -2.51. The summed E-state index contributed by atoms with van der Waals surface area (Å²) in [5.74, 6) is -0.0806. The van der Waals surface area contributed by atoms with E-state index in [9.17, 15) is 13.2 Å². The van der Waals surface area contributed by atoms with Gasteiger partial charge in [-0.3, -0.25) is 4.79 Å². The lowest BCUT2D eigenvalue weighted by atomic mass is 10.2. The molecule has 0 bridgehead atoms. The fourth-order valence-electron chi connectivity index (χ4n) is 3.09. The van der Waals surface area contributed by atoms with Gasteiger partial charge >= 0.3 is 0 Å². The Morgan fingerprint density at radius 3 is 2.38 bits per heavy atom. The number of benzene rings is 1. The van der Waals surface area contributed by atoms with Crippen molar-refractivity contribution in [1.82, 2.24) is 13.8 Å². The highest BCUT2D eigenvalue weighted by atomic mass is 35.5. The maximum absolute atomic E-state index is 12.9. The largest absolute Gasteiger partial charge is 0.338 e. The summed E-state index contributed by atoms with van der Waals surface area (Å²) in [5.41, 5.74) is 1.35. The number of carbonyl (C=O) groups excluding carboxylic acids is 1. The van der Waals surface area contributed by atoms with E-state index in [-0.39, 0.29) is 11.7 Å². The van der Waals surface area contributed by atoms with Gasteiger partial charge in [0.05, 0.1) is 10.8 Å². The predicted molar refractivity (Wildman–Crippen MR) is 94.9 cm³/mol. The maximum Gasteiger partial charge on any atom is 0.272 e. The Labute approximate surface area is 146 Å². The van der Waals surface area contributed by atoms with E-state index in [0.717, 1.165) is 10.9 Å². The number of hydrogen-bond acceptors (Lipinski definition) is 3. The van der Waals surface area contributed by atoms with E-state index in [2.05, 4.69) is 0 Å². The Kier molecular flexibility index (Phi) is 4.59. The van der Waals surface area contributed by atoms with Gasteiger partial charge in [0, 0.05) is 44.1 Å². The molecule has 0 unspecified atom stereocenters. The number of rotatable bonds is 3. The average Bonchev–Trinajstić information content (AvgIpc) is 2.86. The second-order valence-corrected chi connectivity index (χ2v) is 8.47. The van der Waals surface area contributed by atoms with Crippen molar-refractivity contribution in [2.75, 3.05) is 31.9 Å². The number of nitrogens with zero attached hydrogens (tertiary/aromatic N) is 3. The third kappa shape index (κ3) is 2.81. The van der Waals surface area contributed by atoms with Gasteiger partial charge in [0.25, 0.3) is 5.91 Å². The zero-order chi connectivity index (χ0) is 17.5. The minimum absolute atomic E-state index is 0.0793. The third-order valence-electron chi connectivity index (χ3n) is 4.53. The summed E-state index contributed by atoms with van der Waals surface area (Å²) in [6.45, 7) is 3.01. The van der Waals surface area contributed by atoms with Crippen LogP contribution in [0.25, 0.3) is 10.9 Å². The van der Waals surface area contributed by atoms with Gasteiger partial charge < -0.3 is 9.47 Å². The summed E-state index contributed by atoms with van der Waals surface area (Å²) in [4.78, 5) is 14.6. The number of hydrogen-bond donors (Lipinski definition) is 0. The molecule has 24 heavy (non-hydrogen) atoms. The Bertz CT molecular complexity index is 844. The first-order chi connectivity index (χ1) is 11.4. The number of fused-ring (bicyclic) bond motifs is 1. The first kappa shape index (κ1) is 17.3. The molecular weight excluding hydrogens is 350 g/mol. The van der Waals surface area contributed by atoms with E-state index in [4.69, 9.17) is 11.6 Å². The van der Waals surface area contributed by atoms with Crippen LogP contribution >= 0.6 is 11.6 Å². The molecule has 0 N–H and O–H groups in total. The molecule has 1 aromatic heterocycles. The van der Waals surface area contributed by atoms with Crippen molar-refractivity contribution in [1.29, 1.82) is 0 Å². The molecule has 0 atom stereocenters. The monoisotopic (exact) mass is 369 g/mol. The van der Waals surface area contributed by atoms with Crippen LogP contribution in [0.2, 0.25) is 5.02 Å². The molecule has 1 aliphatic rings. The molecule has 1 fully saturated rings. The van der Waals surface area contributed by atoms with Crippen molar-refractivity contribution >= 4 is 38.4 Å². The van der Waals surface area contributed by atoms with Gasteiger partial charge in [-0.25, -0.2) is 8.42 Å². The highest BCUT2D eigenvalue weighted by Gasteiger charge is 2.30. The van der Waals surface area contributed by atoms with E-state index in [1.165, 1.54) is 4.31 Å². The van der Waals surface area contributed by atoms with Gasteiger partial charge in [0.2, 0.25) is 10.0 Å². The molecule has 0 radical (unpaired) electrons. The molecular formula is C16H20ClN3O3S. The lowest BCUT2D eigenvalue weighted by Gasteiger charge is -2.33. The molecule has 2 aromatic rings. The third-order valence-corrected chi connectivity index (χ3v) is 6.80. The van der Waals surface area contributed by atoms with E-state index in [1.54, 1.807) is 16.4 Å². The summed E-state index contributed by atoms with van der Waals surface area (Å²) < 4.78 is 27.1. The molecule has 0 aliphatic carbocycles. The molecule has 1 aromatic carbocycles. The van der Waals surface area contributed by atoms with Gasteiger partial charge in [-0.1, -0.05) is 29.8 Å². The number of carbonyl (C=O) groups is 1. The second kappa shape index (κ2) is 6.38. The Morgan fingerprint density at radius 1 is 1.17 bits per heavy atom. The quantitative estimate of drug-likeness (QED) is 0.830. The Hall–Kier alpha value is -1.57. The van der Waals surface area contributed by atoms with Crippen LogP contribution in [0.15, 0.2) is 24.3 Å². The SMILES string of the molecule is CCS(=O)(=O)N1CCN(C(=O)c2c(Cl)c3ccccc3n2C)CC1. The van der Waals surface area contributed by atoms with Crippen LogP contribution in [-0.4, -0.2) is 60.0 Å². The number of piperazine rings is 1. The van der Waals surface area contributed by atoms with Crippen LogP contribution in [0.5, 0.6) is 0 Å². The van der Waals surface area contributed by atoms with Crippen molar-refractivity contribution in [2.45, 2.75) is 6.92 Å². The molecule has 8 heteroatoms. The van der Waals surface area contributed by atoms with Crippen molar-refractivity contribution in [3.63, 3.8) is 0 Å².